The van der Waals surface area contributed by atoms with E-state index in [1.165, 1.54) is 17.3 Å². The Balaban J connectivity index is 1.70. The van der Waals surface area contributed by atoms with E-state index in [0.29, 0.717) is 10.9 Å². The molecule has 6 heteroatoms. The van der Waals surface area contributed by atoms with Gasteiger partial charge in [0, 0.05) is 31.0 Å². The van der Waals surface area contributed by atoms with E-state index >= 15 is 0 Å². The molecule has 1 aromatic heterocycles. The highest BCUT2D eigenvalue weighted by Crippen LogP contribution is 2.26. The van der Waals surface area contributed by atoms with E-state index in [9.17, 15) is 4.79 Å². The molecule has 2 heterocycles. The molecule has 1 amide bonds. The number of hydrogen-bond donors (Lipinski definition) is 0. The lowest BCUT2D eigenvalue weighted by Crippen LogP contribution is -2.49. The maximum absolute atomic E-state index is 12.9. The van der Waals surface area contributed by atoms with Gasteiger partial charge in [0.1, 0.15) is 0 Å². The zero-order valence-corrected chi connectivity index (χ0v) is 15.8. The van der Waals surface area contributed by atoms with Crippen LogP contribution in [0.3, 0.4) is 0 Å². The number of nitrogens with zero attached hydrogens (tertiary/aromatic N) is 4. The van der Waals surface area contributed by atoms with Crippen molar-refractivity contribution < 1.29 is 4.79 Å². The molecular formula is C19H24N4OS. The van der Waals surface area contributed by atoms with Gasteiger partial charge < -0.3 is 9.80 Å². The van der Waals surface area contributed by atoms with Crippen molar-refractivity contribution in [1.82, 2.24) is 19.8 Å². The van der Waals surface area contributed by atoms with Gasteiger partial charge in [0.15, 0.2) is 5.16 Å². The van der Waals surface area contributed by atoms with Crippen LogP contribution in [-0.2, 0) is 4.79 Å². The number of amides is 1. The van der Waals surface area contributed by atoms with Crippen molar-refractivity contribution in [2.45, 2.75) is 25.0 Å². The first-order chi connectivity index (χ1) is 12.0. The van der Waals surface area contributed by atoms with E-state index in [2.05, 4.69) is 34.0 Å². The largest absolute Gasteiger partial charge is 0.332 e. The van der Waals surface area contributed by atoms with Gasteiger partial charge in [-0.3, -0.25) is 4.79 Å². The molecule has 3 rings (SSSR count). The van der Waals surface area contributed by atoms with E-state index in [1.807, 2.05) is 43.0 Å². The highest BCUT2D eigenvalue weighted by Gasteiger charge is 2.30. The average molecular weight is 356 g/mol. The van der Waals surface area contributed by atoms with E-state index in [0.717, 1.165) is 31.0 Å². The molecular weight excluding hydrogens is 332 g/mol. The molecule has 0 aliphatic carbocycles. The molecule has 1 saturated heterocycles. The van der Waals surface area contributed by atoms with Crippen molar-refractivity contribution >= 4 is 17.7 Å². The Morgan fingerprint density at radius 2 is 1.84 bits per heavy atom. The maximum atomic E-state index is 12.9. The zero-order chi connectivity index (χ0) is 17.8. The van der Waals surface area contributed by atoms with Gasteiger partial charge in [-0.05, 0) is 32.5 Å². The molecule has 1 aliphatic heterocycles. The van der Waals surface area contributed by atoms with Crippen LogP contribution in [0.4, 0.5) is 0 Å². The lowest BCUT2D eigenvalue weighted by atomic mass is 10.0. The Morgan fingerprint density at radius 1 is 1.16 bits per heavy atom. The summed E-state index contributed by atoms with van der Waals surface area (Å²) in [6.07, 6.45) is 0. The Morgan fingerprint density at radius 3 is 2.52 bits per heavy atom. The maximum Gasteiger partial charge on any atom is 0.233 e. The van der Waals surface area contributed by atoms with Crippen molar-refractivity contribution in [2.24, 2.45) is 0 Å². The number of aryl methyl sites for hydroxylation is 2. The van der Waals surface area contributed by atoms with E-state index in [1.54, 1.807) is 0 Å². The quantitative estimate of drug-likeness (QED) is 0.623. The number of aromatic nitrogens is 2. The van der Waals surface area contributed by atoms with Crippen LogP contribution in [0.25, 0.3) is 0 Å². The monoisotopic (exact) mass is 356 g/mol. The Kier molecular flexibility index (Phi) is 5.71. The minimum atomic E-state index is 0.105. The molecule has 1 fully saturated rings. The number of benzene rings is 1. The predicted octanol–water partition coefficient (Wildman–Crippen LogP) is 2.70. The normalized spacial score (nSPS) is 18.4. The fourth-order valence-electron chi connectivity index (χ4n) is 3.15. The van der Waals surface area contributed by atoms with Gasteiger partial charge in [-0.25, -0.2) is 9.97 Å². The number of likely N-dealkylation sites (N-methyl/N-ethyl adjacent to an activating group) is 1. The molecule has 132 valence electrons. The molecule has 0 saturated carbocycles. The van der Waals surface area contributed by atoms with Crippen LogP contribution in [0.5, 0.6) is 0 Å². The van der Waals surface area contributed by atoms with E-state index in [-0.39, 0.29) is 11.9 Å². The summed E-state index contributed by atoms with van der Waals surface area (Å²) in [7, 11) is 2.11. The van der Waals surface area contributed by atoms with Gasteiger partial charge in [0.2, 0.25) is 5.91 Å². The molecule has 1 aliphatic rings. The Bertz CT molecular complexity index is 717. The third-order valence-corrected chi connectivity index (χ3v) is 5.21. The van der Waals surface area contributed by atoms with Crippen molar-refractivity contribution in [3.63, 3.8) is 0 Å². The SMILES string of the molecule is Cc1cc(C)nc(SCC(=O)N2CCN(C)C[C@@H]2c2ccccc2)n1. The molecule has 0 radical (unpaired) electrons. The van der Waals surface area contributed by atoms with Gasteiger partial charge in [0.25, 0.3) is 0 Å². The average Bonchev–Trinajstić information content (AvgIpc) is 2.59. The van der Waals surface area contributed by atoms with E-state index in [4.69, 9.17) is 0 Å². The number of piperazine rings is 1. The molecule has 5 nitrogen and oxygen atoms in total. The van der Waals surface area contributed by atoms with Crippen molar-refractivity contribution in [1.29, 1.82) is 0 Å². The number of carbonyl (C=O) groups is 1. The molecule has 25 heavy (non-hydrogen) atoms. The highest BCUT2D eigenvalue weighted by molar-refractivity contribution is 7.99. The third-order valence-electron chi connectivity index (χ3n) is 4.37. The van der Waals surface area contributed by atoms with Crippen LogP contribution >= 0.6 is 11.8 Å². The second-order valence-corrected chi connectivity index (χ2v) is 7.44. The summed E-state index contributed by atoms with van der Waals surface area (Å²) < 4.78 is 0. The topological polar surface area (TPSA) is 49.3 Å². The third kappa shape index (κ3) is 4.58. The molecule has 0 N–H and O–H groups in total. The number of rotatable bonds is 4. The molecule has 0 unspecified atom stereocenters. The summed E-state index contributed by atoms with van der Waals surface area (Å²) >= 11 is 1.42. The van der Waals surface area contributed by atoms with Crippen LogP contribution in [0.1, 0.15) is 23.0 Å². The Hall–Kier alpha value is -1.92. The number of carbonyl (C=O) groups excluding carboxylic acids is 1. The van der Waals surface area contributed by atoms with Gasteiger partial charge >= 0.3 is 0 Å². The smallest absolute Gasteiger partial charge is 0.233 e. The molecule has 0 spiro atoms. The minimum absolute atomic E-state index is 0.105. The molecule has 1 atom stereocenters. The minimum Gasteiger partial charge on any atom is -0.332 e. The van der Waals surface area contributed by atoms with Crippen LogP contribution < -0.4 is 0 Å². The van der Waals surface area contributed by atoms with Gasteiger partial charge in [-0.1, -0.05) is 42.1 Å². The lowest BCUT2D eigenvalue weighted by molar-refractivity contribution is -0.133. The summed E-state index contributed by atoms with van der Waals surface area (Å²) in [4.78, 5) is 26.0. The van der Waals surface area contributed by atoms with Crippen LogP contribution in [-0.4, -0.2) is 58.1 Å². The van der Waals surface area contributed by atoms with Gasteiger partial charge in [-0.2, -0.15) is 0 Å². The fourth-order valence-corrected chi connectivity index (χ4v) is 3.98. The van der Waals surface area contributed by atoms with Crippen molar-refractivity contribution in [2.75, 3.05) is 32.4 Å². The zero-order valence-electron chi connectivity index (χ0n) is 15.0. The Labute approximate surface area is 153 Å². The van der Waals surface area contributed by atoms with Gasteiger partial charge in [0.05, 0.1) is 11.8 Å². The summed E-state index contributed by atoms with van der Waals surface area (Å²) in [5.41, 5.74) is 3.06. The van der Waals surface area contributed by atoms with Crippen LogP contribution in [0.15, 0.2) is 41.6 Å². The summed E-state index contributed by atoms with van der Waals surface area (Å²) in [6.45, 7) is 6.42. The molecule has 2 aromatic rings. The first-order valence-electron chi connectivity index (χ1n) is 8.51. The second-order valence-electron chi connectivity index (χ2n) is 6.50. The molecule has 0 bridgehead atoms. The van der Waals surface area contributed by atoms with Gasteiger partial charge in [-0.15, -0.1) is 0 Å². The lowest BCUT2D eigenvalue weighted by Gasteiger charge is -2.40. The summed E-state index contributed by atoms with van der Waals surface area (Å²) in [5, 5.41) is 0.677. The second kappa shape index (κ2) is 7.97. The first-order valence-corrected chi connectivity index (χ1v) is 9.49. The van der Waals surface area contributed by atoms with E-state index < -0.39 is 0 Å². The fraction of sp³-hybridized carbons (Fsp3) is 0.421. The molecule has 1 aromatic carbocycles. The standard InChI is InChI=1S/C19H24N4OS/c1-14-11-15(2)21-19(20-14)25-13-18(24)23-10-9-22(3)12-17(23)16-7-5-4-6-8-16/h4-8,11,17H,9-10,12-13H2,1-3H3/t17-/m1/s1. The number of hydrogen-bond acceptors (Lipinski definition) is 5. The van der Waals surface area contributed by atoms with Crippen molar-refractivity contribution in [3.05, 3.63) is 53.3 Å². The highest BCUT2D eigenvalue weighted by atomic mass is 32.2. The predicted molar refractivity (Wildman–Crippen MR) is 101 cm³/mol. The van der Waals surface area contributed by atoms with Crippen LogP contribution in [0, 0.1) is 13.8 Å². The van der Waals surface area contributed by atoms with Crippen molar-refractivity contribution in [3.8, 4) is 0 Å². The first kappa shape index (κ1) is 17.9. The van der Waals surface area contributed by atoms with Crippen LogP contribution in [0.2, 0.25) is 0 Å². The summed E-state index contributed by atoms with van der Waals surface area (Å²) in [5.74, 6) is 0.519. The number of thioether (sulfide) groups is 1. The summed E-state index contributed by atoms with van der Waals surface area (Å²) in [6, 6.07) is 12.3.